The normalized spacial score (nSPS) is 11.9. The van der Waals surface area contributed by atoms with E-state index in [9.17, 15) is 18.0 Å². The molecule has 0 aliphatic heterocycles. The van der Waals surface area contributed by atoms with Crippen molar-refractivity contribution in [3.63, 3.8) is 0 Å². The fourth-order valence-electron chi connectivity index (χ4n) is 3.81. The number of sulfonamides is 1. The molecule has 3 aromatic carbocycles. The topological polar surface area (TPSA) is 96.0 Å². The lowest BCUT2D eigenvalue weighted by Gasteiger charge is -2.32. The van der Waals surface area contributed by atoms with Crippen molar-refractivity contribution in [2.24, 2.45) is 0 Å². The van der Waals surface area contributed by atoms with Crippen LogP contribution in [0.2, 0.25) is 0 Å². The van der Waals surface area contributed by atoms with E-state index in [-0.39, 0.29) is 17.3 Å². The van der Waals surface area contributed by atoms with Gasteiger partial charge in [0.1, 0.15) is 18.3 Å². The van der Waals surface area contributed by atoms with Crippen molar-refractivity contribution in [3.8, 4) is 5.75 Å². The Morgan fingerprint density at radius 2 is 1.49 bits per heavy atom. The van der Waals surface area contributed by atoms with Crippen LogP contribution in [0.15, 0.2) is 89.8 Å². The summed E-state index contributed by atoms with van der Waals surface area (Å²) in [6, 6.07) is 23.0. The van der Waals surface area contributed by atoms with Gasteiger partial charge < -0.3 is 15.0 Å². The van der Waals surface area contributed by atoms with Gasteiger partial charge in [-0.3, -0.25) is 13.9 Å². The fraction of sp³-hybridized carbons (Fsp3) is 0.286. The van der Waals surface area contributed by atoms with E-state index in [1.807, 2.05) is 37.3 Å². The van der Waals surface area contributed by atoms with Gasteiger partial charge in [-0.2, -0.15) is 0 Å². The maximum absolute atomic E-state index is 13.8. The Morgan fingerprint density at radius 3 is 2.05 bits per heavy atom. The molecule has 3 aromatic rings. The van der Waals surface area contributed by atoms with Gasteiger partial charge in [-0.15, -0.1) is 0 Å². The van der Waals surface area contributed by atoms with E-state index in [0.29, 0.717) is 24.6 Å². The Kier molecular flexibility index (Phi) is 9.68. The van der Waals surface area contributed by atoms with Crippen LogP contribution in [0.3, 0.4) is 0 Å². The molecular formula is C28H33N3O5S. The molecule has 0 radical (unpaired) electrons. The molecule has 2 amide bonds. The molecule has 0 aliphatic carbocycles. The van der Waals surface area contributed by atoms with Crippen molar-refractivity contribution < 1.29 is 22.7 Å². The zero-order valence-electron chi connectivity index (χ0n) is 21.3. The number of benzene rings is 3. The number of nitrogens with one attached hydrogen (secondary N) is 1. The number of anilines is 1. The molecule has 0 saturated carbocycles. The number of carbonyl (C=O) groups is 2. The molecular weight excluding hydrogens is 490 g/mol. The quantitative estimate of drug-likeness (QED) is 0.389. The number of likely N-dealkylation sites (N-methyl/N-ethyl adjacent to an activating group) is 1. The predicted molar refractivity (Wildman–Crippen MR) is 144 cm³/mol. The molecule has 0 bridgehead atoms. The van der Waals surface area contributed by atoms with Crippen molar-refractivity contribution in [1.29, 1.82) is 0 Å². The molecule has 37 heavy (non-hydrogen) atoms. The van der Waals surface area contributed by atoms with Crippen LogP contribution in [-0.4, -0.2) is 50.9 Å². The van der Waals surface area contributed by atoms with Crippen LogP contribution in [-0.2, 0) is 26.2 Å². The number of hydrogen-bond acceptors (Lipinski definition) is 5. The molecule has 196 valence electrons. The van der Waals surface area contributed by atoms with Crippen LogP contribution in [0.5, 0.6) is 5.75 Å². The average Bonchev–Trinajstić information content (AvgIpc) is 2.91. The van der Waals surface area contributed by atoms with Crippen LogP contribution in [0.1, 0.15) is 26.3 Å². The second-order valence-electron chi connectivity index (χ2n) is 8.33. The highest BCUT2D eigenvalue weighted by Crippen LogP contribution is 2.26. The molecule has 0 aromatic heterocycles. The highest BCUT2D eigenvalue weighted by atomic mass is 32.2. The smallest absolute Gasteiger partial charge is 0.264 e. The third kappa shape index (κ3) is 7.10. The molecule has 1 N–H and O–H groups in total. The molecule has 0 spiro atoms. The Bertz CT molecular complexity index is 1270. The molecule has 0 unspecified atom stereocenters. The molecule has 1 atom stereocenters. The molecule has 0 fully saturated rings. The van der Waals surface area contributed by atoms with E-state index < -0.39 is 28.5 Å². The monoisotopic (exact) mass is 523 g/mol. The third-order valence-electron chi connectivity index (χ3n) is 5.76. The lowest BCUT2D eigenvalue weighted by atomic mass is 10.1. The Morgan fingerprint density at radius 1 is 0.892 bits per heavy atom. The van der Waals surface area contributed by atoms with Crippen LogP contribution in [0.4, 0.5) is 5.69 Å². The predicted octanol–water partition coefficient (Wildman–Crippen LogP) is 3.83. The van der Waals surface area contributed by atoms with E-state index in [1.54, 1.807) is 56.3 Å². The van der Waals surface area contributed by atoms with Gasteiger partial charge in [-0.1, -0.05) is 48.5 Å². The average molecular weight is 524 g/mol. The summed E-state index contributed by atoms with van der Waals surface area (Å²) >= 11 is 0. The number of amides is 2. The van der Waals surface area contributed by atoms with E-state index in [0.717, 1.165) is 9.87 Å². The van der Waals surface area contributed by atoms with E-state index in [2.05, 4.69) is 5.32 Å². The van der Waals surface area contributed by atoms with Gasteiger partial charge in [-0.05, 0) is 62.7 Å². The second kappa shape index (κ2) is 12.9. The summed E-state index contributed by atoms with van der Waals surface area (Å²) in [6.45, 7) is 5.83. The molecule has 0 heterocycles. The number of nitrogens with zero attached hydrogens (tertiary/aromatic N) is 2. The van der Waals surface area contributed by atoms with E-state index >= 15 is 0 Å². The first-order chi connectivity index (χ1) is 17.8. The number of carbonyl (C=O) groups excluding carboxylic acids is 2. The zero-order valence-corrected chi connectivity index (χ0v) is 22.1. The molecule has 3 rings (SSSR count). The highest BCUT2D eigenvalue weighted by Gasteiger charge is 2.32. The van der Waals surface area contributed by atoms with Crippen LogP contribution < -0.4 is 14.4 Å². The standard InChI is InChI=1S/C28H33N3O5S/c1-4-29-28(33)22(3)30(20-23-12-8-6-9-13-23)27(32)21-31(24-14-10-7-11-15-24)37(34,35)26-18-16-25(17-19-26)36-5-2/h6-19,22H,4-5,20-21H2,1-3H3,(H,29,33)/t22-/m0/s1. The summed E-state index contributed by atoms with van der Waals surface area (Å²) < 4.78 is 34.0. The summed E-state index contributed by atoms with van der Waals surface area (Å²) in [5.41, 5.74) is 1.17. The third-order valence-corrected chi connectivity index (χ3v) is 7.55. The van der Waals surface area contributed by atoms with Gasteiger partial charge in [0.25, 0.3) is 10.0 Å². The van der Waals surface area contributed by atoms with E-state index in [1.165, 1.54) is 17.0 Å². The van der Waals surface area contributed by atoms with Gasteiger partial charge in [0.2, 0.25) is 11.8 Å². The van der Waals surface area contributed by atoms with Gasteiger partial charge >= 0.3 is 0 Å². The Balaban J connectivity index is 1.98. The van der Waals surface area contributed by atoms with Gasteiger partial charge in [-0.25, -0.2) is 8.42 Å². The van der Waals surface area contributed by atoms with Crippen LogP contribution >= 0.6 is 0 Å². The molecule has 8 nitrogen and oxygen atoms in total. The van der Waals surface area contributed by atoms with Crippen molar-refractivity contribution >= 4 is 27.5 Å². The summed E-state index contributed by atoms with van der Waals surface area (Å²) in [4.78, 5) is 27.8. The van der Waals surface area contributed by atoms with Gasteiger partial charge in [0.05, 0.1) is 17.2 Å². The van der Waals surface area contributed by atoms with Gasteiger partial charge in [0.15, 0.2) is 0 Å². The van der Waals surface area contributed by atoms with Crippen molar-refractivity contribution in [1.82, 2.24) is 10.2 Å². The number of ether oxygens (including phenoxy) is 1. The van der Waals surface area contributed by atoms with Gasteiger partial charge in [0, 0.05) is 13.1 Å². The van der Waals surface area contributed by atoms with Crippen LogP contribution in [0.25, 0.3) is 0 Å². The minimum atomic E-state index is -4.11. The van der Waals surface area contributed by atoms with Crippen molar-refractivity contribution in [2.75, 3.05) is 24.0 Å². The van der Waals surface area contributed by atoms with Crippen LogP contribution in [0, 0.1) is 0 Å². The Hall–Kier alpha value is -3.85. The summed E-state index contributed by atoms with van der Waals surface area (Å²) in [5.74, 6) is -0.262. The molecule has 0 saturated heterocycles. The number of para-hydroxylation sites is 1. The SMILES string of the molecule is CCNC(=O)[C@H](C)N(Cc1ccccc1)C(=O)CN(c1ccccc1)S(=O)(=O)c1ccc(OCC)cc1. The maximum atomic E-state index is 13.8. The second-order valence-corrected chi connectivity index (χ2v) is 10.2. The first-order valence-electron chi connectivity index (χ1n) is 12.2. The lowest BCUT2D eigenvalue weighted by Crippen LogP contribution is -2.51. The number of rotatable bonds is 12. The van der Waals surface area contributed by atoms with Crippen molar-refractivity contribution in [3.05, 3.63) is 90.5 Å². The van der Waals surface area contributed by atoms with Crippen molar-refractivity contribution in [2.45, 2.75) is 38.3 Å². The minimum absolute atomic E-state index is 0.0268. The Labute approximate surface area is 218 Å². The first-order valence-corrected chi connectivity index (χ1v) is 13.6. The zero-order chi connectivity index (χ0) is 26.8. The number of hydrogen-bond donors (Lipinski definition) is 1. The minimum Gasteiger partial charge on any atom is -0.494 e. The van der Waals surface area contributed by atoms with E-state index in [4.69, 9.17) is 4.74 Å². The molecule has 0 aliphatic rings. The fourth-order valence-corrected chi connectivity index (χ4v) is 5.22. The lowest BCUT2D eigenvalue weighted by molar-refractivity contribution is -0.139. The summed E-state index contributed by atoms with van der Waals surface area (Å²) in [6.07, 6.45) is 0. The highest BCUT2D eigenvalue weighted by molar-refractivity contribution is 7.92. The molecule has 9 heteroatoms. The summed E-state index contributed by atoms with van der Waals surface area (Å²) in [7, 11) is -4.11. The summed E-state index contributed by atoms with van der Waals surface area (Å²) in [5, 5.41) is 2.75. The largest absolute Gasteiger partial charge is 0.494 e. The maximum Gasteiger partial charge on any atom is 0.264 e. The first kappa shape index (κ1) is 27.7.